The Kier molecular flexibility index (Phi) is 3.69. The Morgan fingerprint density at radius 1 is 1.60 bits per heavy atom. The number of fused-ring (bicyclic) bond motifs is 1. The third-order valence-electron chi connectivity index (χ3n) is 4.06. The van der Waals surface area contributed by atoms with Gasteiger partial charge in [-0.1, -0.05) is 0 Å². The second-order valence-electron chi connectivity index (χ2n) is 5.36. The lowest BCUT2D eigenvalue weighted by molar-refractivity contribution is -0.131. The van der Waals surface area contributed by atoms with Gasteiger partial charge in [0, 0.05) is 36.9 Å². The molecule has 0 aromatic carbocycles. The fourth-order valence-corrected chi connectivity index (χ4v) is 2.87. The molecule has 3 heterocycles. The SMILES string of the molecule is CNC1CCCN(C(=O)Cc2c[nH]c3ncccc23)C1. The first-order chi connectivity index (χ1) is 9.78. The number of likely N-dealkylation sites (N-methyl/N-ethyl adjacent to an activating group) is 1. The molecule has 5 nitrogen and oxygen atoms in total. The first-order valence-electron chi connectivity index (χ1n) is 7.14. The number of amides is 1. The maximum absolute atomic E-state index is 12.4. The van der Waals surface area contributed by atoms with Crippen molar-refractivity contribution < 1.29 is 4.79 Å². The number of piperidine rings is 1. The fourth-order valence-electron chi connectivity index (χ4n) is 2.87. The molecule has 1 unspecified atom stereocenters. The number of aromatic amines is 1. The van der Waals surface area contributed by atoms with Gasteiger partial charge in [-0.2, -0.15) is 0 Å². The summed E-state index contributed by atoms with van der Waals surface area (Å²) in [5.41, 5.74) is 1.88. The van der Waals surface area contributed by atoms with Crippen molar-refractivity contribution in [2.45, 2.75) is 25.3 Å². The van der Waals surface area contributed by atoms with E-state index in [9.17, 15) is 4.79 Å². The van der Waals surface area contributed by atoms with Crippen LogP contribution in [0.15, 0.2) is 24.5 Å². The number of nitrogens with zero attached hydrogens (tertiary/aromatic N) is 2. The first kappa shape index (κ1) is 13.1. The molecule has 0 saturated carbocycles. The molecule has 20 heavy (non-hydrogen) atoms. The van der Waals surface area contributed by atoms with E-state index < -0.39 is 0 Å². The number of nitrogens with one attached hydrogen (secondary N) is 2. The van der Waals surface area contributed by atoms with Crippen LogP contribution in [0.1, 0.15) is 18.4 Å². The molecular formula is C15H20N4O. The number of pyridine rings is 1. The minimum Gasteiger partial charge on any atom is -0.346 e. The van der Waals surface area contributed by atoms with Crippen LogP contribution < -0.4 is 5.32 Å². The Bertz CT molecular complexity index is 607. The van der Waals surface area contributed by atoms with Crippen molar-refractivity contribution >= 4 is 16.9 Å². The van der Waals surface area contributed by atoms with Gasteiger partial charge in [-0.3, -0.25) is 4.79 Å². The standard InChI is InChI=1S/C15H20N4O/c1-16-12-4-3-7-19(10-12)14(20)8-11-9-18-15-13(11)5-2-6-17-15/h2,5-6,9,12,16H,3-4,7-8,10H2,1H3,(H,17,18). The van der Waals surface area contributed by atoms with Gasteiger partial charge >= 0.3 is 0 Å². The summed E-state index contributed by atoms with van der Waals surface area (Å²) in [7, 11) is 1.96. The molecule has 1 aliphatic rings. The van der Waals surface area contributed by atoms with Crippen LogP contribution in [0, 0.1) is 0 Å². The van der Waals surface area contributed by atoms with Gasteiger partial charge in [0.25, 0.3) is 0 Å². The number of rotatable bonds is 3. The normalized spacial score (nSPS) is 19.4. The van der Waals surface area contributed by atoms with E-state index in [1.807, 2.05) is 30.3 Å². The molecule has 2 N–H and O–H groups in total. The maximum atomic E-state index is 12.4. The lowest BCUT2D eigenvalue weighted by Crippen LogP contribution is -2.47. The number of aromatic nitrogens is 2. The van der Waals surface area contributed by atoms with Gasteiger partial charge in [0.15, 0.2) is 0 Å². The molecule has 2 aromatic rings. The molecule has 1 aliphatic heterocycles. The zero-order valence-electron chi connectivity index (χ0n) is 11.7. The third-order valence-corrected chi connectivity index (χ3v) is 4.06. The Hall–Kier alpha value is -1.88. The van der Waals surface area contributed by atoms with Crippen molar-refractivity contribution in [3.8, 4) is 0 Å². The van der Waals surface area contributed by atoms with E-state index in [0.29, 0.717) is 12.5 Å². The fraction of sp³-hybridized carbons (Fsp3) is 0.467. The molecule has 5 heteroatoms. The molecule has 0 radical (unpaired) electrons. The predicted octanol–water partition coefficient (Wildman–Crippen LogP) is 1.32. The maximum Gasteiger partial charge on any atom is 0.227 e. The van der Waals surface area contributed by atoms with Crippen molar-refractivity contribution in [2.24, 2.45) is 0 Å². The van der Waals surface area contributed by atoms with Crippen molar-refractivity contribution in [2.75, 3.05) is 20.1 Å². The van der Waals surface area contributed by atoms with E-state index in [1.165, 1.54) is 0 Å². The minimum atomic E-state index is 0.203. The van der Waals surface area contributed by atoms with Crippen LogP contribution in [-0.4, -0.2) is 47.0 Å². The largest absolute Gasteiger partial charge is 0.346 e. The van der Waals surface area contributed by atoms with Crippen molar-refractivity contribution in [3.63, 3.8) is 0 Å². The van der Waals surface area contributed by atoms with Gasteiger partial charge in [0.2, 0.25) is 5.91 Å². The zero-order valence-corrected chi connectivity index (χ0v) is 11.7. The Balaban J connectivity index is 1.72. The number of carbonyl (C=O) groups excluding carboxylic acids is 1. The van der Waals surface area contributed by atoms with Crippen LogP contribution in [0.5, 0.6) is 0 Å². The Labute approximate surface area is 118 Å². The van der Waals surface area contributed by atoms with Crippen LogP contribution in [0.25, 0.3) is 11.0 Å². The molecule has 0 aliphatic carbocycles. The molecule has 106 valence electrons. The Morgan fingerprint density at radius 2 is 2.50 bits per heavy atom. The Morgan fingerprint density at radius 3 is 3.35 bits per heavy atom. The van der Waals surface area contributed by atoms with E-state index in [2.05, 4.69) is 15.3 Å². The third kappa shape index (κ3) is 2.54. The van der Waals surface area contributed by atoms with Gasteiger partial charge in [0.1, 0.15) is 5.65 Å². The molecule has 0 spiro atoms. The summed E-state index contributed by atoms with van der Waals surface area (Å²) in [6.45, 7) is 1.69. The highest BCUT2D eigenvalue weighted by molar-refractivity contribution is 5.87. The minimum absolute atomic E-state index is 0.203. The molecule has 1 atom stereocenters. The van der Waals surface area contributed by atoms with Crippen LogP contribution in [-0.2, 0) is 11.2 Å². The van der Waals surface area contributed by atoms with Crippen LogP contribution >= 0.6 is 0 Å². The molecule has 2 aromatic heterocycles. The van der Waals surface area contributed by atoms with Gasteiger partial charge < -0.3 is 15.2 Å². The predicted molar refractivity (Wildman–Crippen MR) is 78.5 cm³/mol. The summed E-state index contributed by atoms with van der Waals surface area (Å²) < 4.78 is 0. The molecule has 0 bridgehead atoms. The highest BCUT2D eigenvalue weighted by atomic mass is 16.2. The monoisotopic (exact) mass is 272 g/mol. The topological polar surface area (TPSA) is 61.0 Å². The lowest BCUT2D eigenvalue weighted by Gasteiger charge is -2.32. The van der Waals surface area contributed by atoms with Crippen LogP contribution in [0.2, 0.25) is 0 Å². The number of hydrogen-bond acceptors (Lipinski definition) is 3. The lowest BCUT2D eigenvalue weighted by atomic mass is 10.0. The van der Waals surface area contributed by atoms with E-state index in [-0.39, 0.29) is 5.91 Å². The number of likely N-dealkylation sites (tertiary alicyclic amines) is 1. The second-order valence-corrected chi connectivity index (χ2v) is 5.36. The van der Waals surface area contributed by atoms with E-state index >= 15 is 0 Å². The number of H-pyrrole nitrogens is 1. The van der Waals surface area contributed by atoms with Gasteiger partial charge in [-0.15, -0.1) is 0 Å². The summed E-state index contributed by atoms with van der Waals surface area (Å²) in [6.07, 6.45) is 6.33. The average Bonchev–Trinajstić information content (AvgIpc) is 2.90. The smallest absolute Gasteiger partial charge is 0.227 e. The zero-order chi connectivity index (χ0) is 13.9. The number of hydrogen-bond donors (Lipinski definition) is 2. The highest BCUT2D eigenvalue weighted by Gasteiger charge is 2.23. The second kappa shape index (κ2) is 5.63. The highest BCUT2D eigenvalue weighted by Crippen LogP contribution is 2.18. The summed E-state index contributed by atoms with van der Waals surface area (Å²) in [5, 5.41) is 4.31. The molecule has 1 saturated heterocycles. The first-order valence-corrected chi connectivity index (χ1v) is 7.14. The van der Waals surface area contributed by atoms with Gasteiger partial charge in [-0.25, -0.2) is 4.98 Å². The van der Waals surface area contributed by atoms with Crippen LogP contribution in [0.3, 0.4) is 0 Å². The van der Waals surface area contributed by atoms with E-state index in [1.54, 1.807) is 6.20 Å². The number of carbonyl (C=O) groups is 1. The summed E-state index contributed by atoms with van der Waals surface area (Å²) in [4.78, 5) is 21.8. The van der Waals surface area contributed by atoms with E-state index in [4.69, 9.17) is 0 Å². The van der Waals surface area contributed by atoms with Crippen LogP contribution in [0.4, 0.5) is 0 Å². The molecule has 3 rings (SSSR count). The van der Waals surface area contributed by atoms with Crippen molar-refractivity contribution in [1.82, 2.24) is 20.2 Å². The summed E-state index contributed by atoms with van der Waals surface area (Å²) in [6, 6.07) is 4.34. The summed E-state index contributed by atoms with van der Waals surface area (Å²) >= 11 is 0. The molecular weight excluding hydrogens is 252 g/mol. The van der Waals surface area contributed by atoms with Gasteiger partial charge in [-0.05, 0) is 37.6 Å². The van der Waals surface area contributed by atoms with E-state index in [0.717, 1.165) is 42.5 Å². The van der Waals surface area contributed by atoms with Crippen molar-refractivity contribution in [1.29, 1.82) is 0 Å². The summed E-state index contributed by atoms with van der Waals surface area (Å²) in [5.74, 6) is 0.203. The molecule has 1 amide bonds. The molecule has 1 fully saturated rings. The van der Waals surface area contributed by atoms with Crippen molar-refractivity contribution in [3.05, 3.63) is 30.1 Å². The van der Waals surface area contributed by atoms with Gasteiger partial charge in [0.05, 0.1) is 6.42 Å². The quantitative estimate of drug-likeness (QED) is 0.886. The average molecular weight is 272 g/mol.